The summed E-state index contributed by atoms with van der Waals surface area (Å²) in [5.74, 6) is 0.279. The first-order valence-electron chi connectivity index (χ1n) is 10.2. The summed E-state index contributed by atoms with van der Waals surface area (Å²) in [6.45, 7) is 0.358. The van der Waals surface area contributed by atoms with E-state index in [-0.39, 0.29) is 12.3 Å². The Morgan fingerprint density at radius 2 is 1.74 bits per heavy atom. The zero-order valence-corrected chi connectivity index (χ0v) is 17.5. The van der Waals surface area contributed by atoms with Gasteiger partial charge in [0.2, 0.25) is 5.91 Å². The number of aromatic nitrogens is 1. The van der Waals surface area contributed by atoms with Gasteiger partial charge in [-0.15, -0.1) is 0 Å². The van der Waals surface area contributed by atoms with Gasteiger partial charge < -0.3 is 25.1 Å². The minimum Gasteiger partial charge on any atom is -0.448 e. The van der Waals surface area contributed by atoms with E-state index in [1.807, 2.05) is 42.5 Å². The summed E-state index contributed by atoms with van der Waals surface area (Å²) in [5, 5.41) is 32.3. The van der Waals surface area contributed by atoms with E-state index in [0.717, 1.165) is 23.2 Å². The molecule has 0 saturated carbocycles. The molecule has 7 nitrogen and oxygen atoms in total. The number of benzene rings is 2. The molecule has 0 aliphatic carbocycles. The van der Waals surface area contributed by atoms with Gasteiger partial charge in [0.05, 0.1) is 24.9 Å². The number of hydrogen-bond donors (Lipinski definition) is 4. The van der Waals surface area contributed by atoms with Crippen LogP contribution >= 0.6 is 0 Å². The lowest BCUT2D eigenvalue weighted by atomic mass is 9.90. The number of aliphatic hydroxyl groups is 3. The lowest BCUT2D eigenvalue weighted by Crippen LogP contribution is -2.54. The van der Waals surface area contributed by atoms with Crippen molar-refractivity contribution < 1.29 is 24.5 Å². The minimum atomic E-state index is -1.27. The van der Waals surface area contributed by atoms with E-state index < -0.39 is 24.9 Å². The Balaban J connectivity index is 1.59. The number of nitrogens with zero attached hydrogens (tertiary/aromatic N) is 1. The number of rotatable bonds is 10. The molecule has 0 aliphatic heterocycles. The monoisotopic (exact) mass is 424 g/mol. The molecule has 3 aromatic rings. The summed E-state index contributed by atoms with van der Waals surface area (Å²) in [4.78, 5) is 15.9. The van der Waals surface area contributed by atoms with Crippen LogP contribution in [0.3, 0.4) is 0 Å². The fourth-order valence-corrected chi connectivity index (χ4v) is 3.50. The van der Waals surface area contributed by atoms with Crippen molar-refractivity contribution in [2.45, 2.75) is 37.8 Å². The quantitative estimate of drug-likeness (QED) is 0.397. The number of nitrogens with one attached hydrogen (secondary N) is 1. The summed E-state index contributed by atoms with van der Waals surface area (Å²) in [7, 11) is 0. The number of oxazole rings is 1. The maximum absolute atomic E-state index is 11.4. The third-order valence-electron chi connectivity index (χ3n) is 5.24. The topological polar surface area (TPSA) is 116 Å². The van der Waals surface area contributed by atoms with Crippen LogP contribution in [0.25, 0.3) is 11.3 Å². The molecule has 0 aliphatic rings. The first-order chi connectivity index (χ1) is 14.9. The molecule has 7 heteroatoms. The molecule has 0 radical (unpaired) electrons. The summed E-state index contributed by atoms with van der Waals surface area (Å²) in [6.07, 6.45) is 2.09. The van der Waals surface area contributed by atoms with Crippen LogP contribution in [0.2, 0.25) is 0 Å². The highest BCUT2D eigenvalue weighted by Crippen LogP contribution is 2.25. The second-order valence-electron chi connectivity index (χ2n) is 7.73. The Labute approximate surface area is 181 Å². The molecule has 2 aromatic carbocycles. The largest absolute Gasteiger partial charge is 0.448 e. The average molecular weight is 424 g/mol. The SMILES string of the molecule is CC(=O)NC(CO)(CO)CC(O)c1ccc(CCc2nc(-c3ccccc3)co2)cc1. The van der Waals surface area contributed by atoms with Crippen LogP contribution in [0, 0.1) is 0 Å². The zero-order chi connectivity index (χ0) is 22.3. The number of aliphatic hydroxyl groups excluding tert-OH is 3. The van der Waals surface area contributed by atoms with Crippen molar-refractivity contribution in [2.75, 3.05) is 13.2 Å². The summed E-state index contributed by atoms with van der Waals surface area (Å²) in [6, 6.07) is 17.3. The number of aryl methyl sites for hydroxylation is 2. The van der Waals surface area contributed by atoms with Gasteiger partial charge in [0.25, 0.3) is 0 Å². The molecule has 164 valence electrons. The minimum absolute atomic E-state index is 0.00248. The molecule has 1 amide bonds. The van der Waals surface area contributed by atoms with Gasteiger partial charge in [-0.3, -0.25) is 4.79 Å². The van der Waals surface area contributed by atoms with E-state index in [9.17, 15) is 20.1 Å². The number of carbonyl (C=O) groups excluding carboxylic acids is 1. The van der Waals surface area contributed by atoms with Crippen molar-refractivity contribution in [3.05, 3.63) is 77.9 Å². The second kappa shape index (κ2) is 10.3. The first-order valence-corrected chi connectivity index (χ1v) is 10.2. The molecule has 1 atom stereocenters. The predicted octanol–water partition coefficient (Wildman–Crippen LogP) is 2.41. The number of carbonyl (C=O) groups is 1. The maximum atomic E-state index is 11.4. The first kappa shape index (κ1) is 22.7. The normalized spacial score (nSPS) is 12.5. The summed E-state index contributed by atoms with van der Waals surface area (Å²) < 4.78 is 5.58. The van der Waals surface area contributed by atoms with Crippen LogP contribution in [0.4, 0.5) is 0 Å². The van der Waals surface area contributed by atoms with Gasteiger partial charge >= 0.3 is 0 Å². The molecule has 0 bridgehead atoms. The van der Waals surface area contributed by atoms with Gasteiger partial charge in [-0.2, -0.15) is 0 Å². The van der Waals surface area contributed by atoms with Crippen LogP contribution < -0.4 is 5.32 Å². The number of amides is 1. The van der Waals surface area contributed by atoms with Crippen LogP contribution in [0.5, 0.6) is 0 Å². The van der Waals surface area contributed by atoms with Gasteiger partial charge in [-0.05, 0) is 17.5 Å². The van der Waals surface area contributed by atoms with E-state index in [0.29, 0.717) is 17.9 Å². The summed E-state index contributed by atoms with van der Waals surface area (Å²) >= 11 is 0. The van der Waals surface area contributed by atoms with Gasteiger partial charge in [0, 0.05) is 25.3 Å². The smallest absolute Gasteiger partial charge is 0.217 e. The van der Waals surface area contributed by atoms with Crippen LogP contribution in [-0.4, -0.2) is 45.0 Å². The highest BCUT2D eigenvalue weighted by molar-refractivity contribution is 5.73. The van der Waals surface area contributed by atoms with Crippen LogP contribution in [0.15, 0.2) is 65.3 Å². The van der Waals surface area contributed by atoms with Crippen molar-refractivity contribution in [1.82, 2.24) is 10.3 Å². The maximum Gasteiger partial charge on any atom is 0.217 e. The molecule has 1 unspecified atom stereocenters. The molecular weight excluding hydrogens is 396 g/mol. The molecule has 0 saturated heterocycles. The molecule has 1 aromatic heterocycles. The Kier molecular flexibility index (Phi) is 7.57. The fourth-order valence-electron chi connectivity index (χ4n) is 3.50. The van der Waals surface area contributed by atoms with Crippen molar-refractivity contribution in [2.24, 2.45) is 0 Å². The lowest BCUT2D eigenvalue weighted by molar-refractivity contribution is -0.122. The highest BCUT2D eigenvalue weighted by atomic mass is 16.3. The number of hydrogen-bond acceptors (Lipinski definition) is 6. The van der Waals surface area contributed by atoms with Gasteiger partial charge in [0.1, 0.15) is 12.0 Å². The predicted molar refractivity (Wildman–Crippen MR) is 116 cm³/mol. The molecule has 3 rings (SSSR count). The molecule has 31 heavy (non-hydrogen) atoms. The molecule has 1 heterocycles. The standard InChI is InChI=1S/C24H28N2O5/c1-17(29)26-24(15-27,16-28)13-22(30)20-10-7-18(8-11-20)9-12-23-25-21(14-31-23)19-5-3-2-4-6-19/h2-8,10-11,14,22,27-28,30H,9,12-13,15-16H2,1H3,(H,26,29). The van der Waals surface area contributed by atoms with E-state index in [1.54, 1.807) is 18.4 Å². The Morgan fingerprint density at radius 1 is 1.06 bits per heavy atom. The Hall–Kier alpha value is -3.00. The highest BCUT2D eigenvalue weighted by Gasteiger charge is 2.32. The molecular formula is C24H28N2O5. The fraction of sp³-hybridized carbons (Fsp3) is 0.333. The van der Waals surface area contributed by atoms with Crippen molar-refractivity contribution in [3.63, 3.8) is 0 Å². The molecule has 0 fully saturated rings. The Morgan fingerprint density at radius 3 is 2.35 bits per heavy atom. The van der Waals surface area contributed by atoms with Gasteiger partial charge in [-0.25, -0.2) is 4.98 Å². The third-order valence-corrected chi connectivity index (χ3v) is 5.24. The van der Waals surface area contributed by atoms with E-state index >= 15 is 0 Å². The third kappa shape index (κ3) is 6.01. The van der Waals surface area contributed by atoms with Gasteiger partial charge in [-0.1, -0.05) is 54.6 Å². The van der Waals surface area contributed by atoms with Crippen LogP contribution in [0.1, 0.15) is 36.5 Å². The van der Waals surface area contributed by atoms with Gasteiger partial charge in [0.15, 0.2) is 5.89 Å². The molecule has 0 spiro atoms. The Bertz CT molecular complexity index is 965. The van der Waals surface area contributed by atoms with E-state index in [1.165, 1.54) is 6.92 Å². The van der Waals surface area contributed by atoms with E-state index in [4.69, 9.17) is 4.42 Å². The van der Waals surface area contributed by atoms with Crippen molar-refractivity contribution >= 4 is 5.91 Å². The zero-order valence-electron chi connectivity index (χ0n) is 17.5. The second-order valence-corrected chi connectivity index (χ2v) is 7.73. The van der Waals surface area contributed by atoms with Crippen molar-refractivity contribution in [1.29, 1.82) is 0 Å². The summed E-state index contributed by atoms with van der Waals surface area (Å²) in [5.41, 5.74) is 2.25. The van der Waals surface area contributed by atoms with E-state index in [2.05, 4.69) is 10.3 Å². The molecule has 4 N–H and O–H groups in total. The van der Waals surface area contributed by atoms with Crippen LogP contribution in [-0.2, 0) is 17.6 Å². The average Bonchev–Trinajstić information content (AvgIpc) is 3.27. The lowest BCUT2D eigenvalue weighted by Gasteiger charge is -2.32. The van der Waals surface area contributed by atoms with Crippen molar-refractivity contribution in [3.8, 4) is 11.3 Å².